The number of carbonyl (C=O) groups is 1. The van der Waals surface area contributed by atoms with Gasteiger partial charge in [-0.2, -0.15) is 0 Å². The molecule has 0 saturated heterocycles. The van der Waals surface area contributed by atoms with Gasteiger partial charge in [0.25, 0.3) is 0 Å². The predicted octanol–water partition coefficient (Wildman–Crippen LogP) is 2.88. The van der Waals surface area contributed by atoms with Crippen LogP contribution in [0.15, 0.2) is 12.5 Å². The minimum Gasteiger partial charge on any atom is -0.444 e. The lowest BCUT2D eigenvalue weighted by molar-refractivity contribution is 0.0506. The van der Waals surface area contributed by atoms with Crippen LogP contribution in [0.25, 0.3) is 0 Å². The van der Waals surface area contributed by atoms with Crippen molar-refractivity contribution in [2.24, 2.45) is 5.92 Å². The number of alkyl carbamates (subject to hydrolysis) is 1. The molecule has 1 aliphatic carbocycles. The number of ether oxygens (including phenoxy) is 1. The zero-order valence-electron chi connectivity index (χ0n) is 12.1. The second-order valence-corrected chi connectivity index (χ2v) is 6.28. The summed E-state index contributed by atoms with van der Waals surface area (Å²) in [5.74, 6) is 0.779. The molecule has 1 aliphatic rings. The number of nitrogens with one attached hydrogen (secondary N) is 1. The van der Waals surface area contributed by atoms with Gasteiger partial charge in [0, 0.05) is 6.54 Å². The molecule has 5 heteroatoms. The number of nitrogens with zero attached hydrogens (tertiary/aromatic N) is 2. The molecule has 19 heavy (non-hydrogen) atoms. The Morgan fingerprint density at radius 3 is 2.84 bits per heavy atom. The standard InChI is InChI=1S/C14H23N3O2/c1-10(16-13(18)19-14(2,3)4)12-7-15-9-17(12)8-11-5-6-11/h7,9-11H,5-6,8H2,1-4H3,(H,16,18). The van der Waals surface area contributed by atoms with Gasteiger partial charge in [-0.3, -0.25) is 0 Å². The first-order valence-electron chi connectivity index (χ1n) is 6.84. The van der Waals surface area contributed by atoms with E-state index < -0.39 is 5.60 Å². The first kappa shape index (κ1) is 13.9. The molecule has 1 heterocycles. The predicted molar refractivity (Wildman–Crippen MR) is 72.7 cm³/mol. The van der Waals surface area contributed by atoms with Crippen LogP contribution in [-0.2, 0) is 11.3 Å². The Morgan fingerprint density at radius 1 is 1.58 bits per heavy atom. The number of imidazole rings is 1. The number of rotatable bonds is 4. The van der Waals surface area contributed by atoms with E-state index in [1.54, 1.807) is 0 Å². The second kappa shape index (κ2) is 5.23. The van der Waals surface area contributed by atoms with E-state index in [1.807, 2.05) is 40.2 Å². The largest absolute Gasteiger partial charge is 0.444 e. The Hall–Kier alpha value is -1.52. The van der Waals surface area contributed by atoms with E-state index in [1.165, 1.54) is 12.8 Å². The van der Waals surface area contributed by atoms with E-state index in [4.69, 9.17) is 4.74 Å². The molecular weight excluding hydrogens is 242 g/mol. The van der Waals surface area contributed by atoms with E-state index in [0.29, 0.717) is 0 Å². The van der Waals surface area contributed by atoms with Crippen molar-refractivity contribution in [2.45, 2.75) is 58.7 Å². The van der Waals surface area contributed by atoms with Crippen LogP contribution in [0.3, 0.4) is 0 Å². The maximum atomic E-state index is 11.7. The maximum absolute atomic E-state index is 11.7. The molecule has 0 aromatic carbocycles. The Bertz CT molecular complexity index is 444. The van der Waals surface area contributed by atoms with E-state index in [-0.39, 0.29) is 12.1 Å². The Kier molecular flexibility index (Phi) is 3.83. The van der Waals surface area contributed by atoms with Crippen LogP contribution in [-0.4, -0.2) is 21.2 Å². The molecule has 1 atom stereocenters. The molecule has 106 valence electrons. The molecule has 1 unspecified atom stereocenters. The molecule has 1 aromatic heterocycles. The van der Waals surface area contributed by atoms with E-state index >= 15 is 0 Å². The molecule has 0 radical (unpaired) electrons. The van der Waals surface area contributed by atoms with Gasteiger partial charge in [0.15, 0.2) is 0 Å². The van der Waals surface area contributed by atoms with Crippen LogP contribution in [0.1, 0.15) is 52.3 Å². The molecule has 1 N–H and O–H groups in total. The summed E-state index contributed by atoms with van der Waals surface area (Å²) in [6.07, 6.45) is 5.85. The van der Waals surface area contributed by atoms with Gasteiger partial charge in [-0.05, 0) is 46.5 Å². The van der Waals surface area contributed by atoms with Crippen molar-refractivity contribution in [2.75, 3.05) is 0 Å². The minimum absolute atomic E-state index is 0.101. The molecule has 0 spiro atoms. The van der Waals surface area contributed by atoms with Crippen molar-refractivity contribution in [3.05, 3.63) is 18.2 Å². The topological polar surface area (TPSA) is 56.1 Å². The van der Waals surface area contributed by atoms with Crippen LogP contribution in [0.5, 0.6) is 0 Å². The number of carbonyl (C=O) groups excluding carboxylic acids is 1. The van der Waals surface area contributed by atoms with Gasteiger partial charge >= 0.3 is 6.09 Å². The highest BCUT2D eigenvalue weighted by Crippen LogP contribution is 2.31. The van der Waals surface area contributed by atoms with Crippen molar-refractivity contribution in [1.29, 1.82) is 0 Å². The first-order valence-corrected chi connectivity index (χ1v) is 6.84. The summed E-state index contributed by atoms with van der Waals surface area (Å²) in [5, 5.41) is 2.85. The Balaban J connectivity index is 1.93. The van der Waals surface area contributed by atoms with E-state index in [2.05, 4.69) is 14.9 Å². The molecular formula is C14H23N3O2. The third kappa shape index (κ3) is 4.26. The van der Waals surface area contributed by atoms with Gasteiger partial charge in [0.05, 0.1) is 24.3 Å². The van der Waals surface area contributed by atoms with Gasteiger partial charge in [0.1, 0.15) is 5.60 Å². The van der Waals surface area contributed by atoms with Crippen LogP contribution in [0, 0.1) is 5.92 Å². The van der Waals surface area contributed by atoms with Gasteiger partial charge in [-0.15, -0.1) is 0 Å². The van der Waals surface area contributed by atoms with Gasteiger partial charge in [0.2, 0.25) is 0 Å². The van der Waals surface area contributed by atoms with Gasteiger partial charge < -0.3 is 14.6 Å². The number of hydrogen-bond donors (Lipinski definition) is 1. The number of amides is 1. The third-order valence-electron chi connectivity index (χ3n) is 3.07. The zero-order valence-corrected chi connectivity index (χ0v) is 12.1. The molecule has 1 saturated carbocycles. The van der Waals surface area contributed by atoms with E-state index in [0.717, 1.165) is 18.2 Å². The molecule has 1 fully saturated rings. The second-order valence-electron chi connectivity index (χ2n) is 6.28. The lowest BCUT2D eigenvalue weighted by Gasteiger charge is -2.22. The first-order chi connectivity index (χ1) is 8.85. The molecule has 5 nitrogen and oxygen atoms in total. The summed E-state index contributed by atoms with van der Waals surface area (Å²) in [4.78, 5) is 15.9. The van der Waals surface area contributed by atoms with Crippen molar-refractivity contribution < 1.29 is 9.53 Å². The smallest absolute Gasteiger partial charge is 0.408 e. The SMILES string of the molecule is CC(NC(=O)OC(C)(C)C)c1cncn1CC1CC1. The van der Waals surface area contributed by atoms with Crippen LogP contribution >= 0.6 is 0 Å². The van der Waals surface area contributed by atoms with Gasteiger partial charge in [-0.1, -0.05) is 0 Å². The highest BCUT2D eigenvalue weighted by atomic mass is 16.6. The fourth-order valence-corrected chi connectivity index (χ4v) is 1.98. The van der Waals surface area contributed by atoms with Crippen LogP contribution in [0.2, 0.25) is 0 Å². The zero-order chi connectivity index (χ0) is 14.0. The summed E-state index contributed by atoms with van der Waals surface area (Å²) in [5.41, 5.74) is 0.552. The number of hydrogen-bond acceptors (Lipinski definition) is 3. The van der Waals surface area contributed by atoms with Crippen molar-refractivity contribution >= 4 is 6.09 Å². The minimum atomic E-state index is -0.474. The molecule has 1 aromatic rings. The highest BCUT2D eigenvalue weighted by Gasteiger charge is 2.24. The summed E-state index contributed by atoms with van der Waals surface area (Å²) >= 11 is 0. The lowest BCUT2D eigenvalue weighted by atomic mass is 10.2. The van der Waals surface area contributed by atoms with Crippen molar-refractivity contribution in [3.63, 3.8) is 0 Å². The lowest BCUT2D eigenvalue weighted by Crippen LogP contribution is -2.34. The summed E-state index contributed by atoms with van der Waals surface area (Å²) in [6, 6.07) is -0.101. The fourth-order valence-electron chi connectivity index (χ4n) is 1.98. The monoisotopic (exact) mass is 265 g/mol. The van der Waals surface area contributed by atoms with E-state index in [9.17, 15) is 4.79 Å². The molecule has 1 amide bonds. The Labute approximate surface area is 114 Å². The maximum Gasteiger partial charge on any atom is 0.408 e. The quantitative estimate of drug-likeness (QED) is 0.910. The number of aromatic nitrogens is 2. The molecule has 0 bridgehead atoms. The fraction of sp³-hybridized carbons (Fsp3) is 0.714. The average molecular weight is 265 g/mol. The Morgan fingerprint density at radius 2 is 2.26 bits per heavy atom. The van der Waals surface area contributed by atoms with Crippen molar-refractivity contribution in [1.82, 2.24) is 14.9 Å². The molecule has 2 rings (SSSR count). The normalized spacial score (nSPS) is 17.1. The van der Waals surface area contributed by atoms with Crippen LogP contribution in [0.4, 0.5) is 4.79 Å². The highest BCUT2D eigenvalue weighted by molar-refractivity contribution is 5.68. The third-order valence-corrected chi connectivity index (χ3v) is 3.07. The summed E-state index contributed by atoms with van der Waals surface area (Å²) in [6.45, 7) is 8.51. The molecule has 0 aliphatic heterocycles. The van der Waals surface area contributed by atoms with Crippen molar-refractivity contribution in [3.8, 4) is 0 Å². The summed E-state index contributed by atoms with van der Waals surface area (Å²) in [7, 11) is 0. The van der Waals surface area contributed by atoms with Crippen LogP contribution < -0.4 is 5.32 Å². The average Bonchev–Trinajstić information content (AvgIpc) is 2.91. The summed E-state index contributed by atoms with van der Waals surface area (Å²) < 4.78 is 7.38. The van der Waals surface area contributed by atoms with Gasteiger partial charge in [-0.25, -0.2) is 9.78 Å².